The zero-order valence-corrected chi connectivity index (χ0v) is 10.1. The lowest BCUT2D eigenvalue weighted by Crippen LogP contribution is -2.02. The van der Waals surface area contributed by atoms with E-state index in [1.54, 1.807) is 0 Å². The molecule has 15 heavy (non-hydrogen) atoms. The Kier molecular flexibility index (Phi) is 1.99. The predicted molar refractivity (Wildman–Crippen MR) is 64.3 cm³/mol. The largest absolute Gasteiger partial charge is 0.381 e. The van der Waals surface area contributed by atoms with Gasteiger partial charge in [-0.15, -0.1) is 0 Å². The maximum absolute atomic E-state index is 4.38. The standard InChI is InChI=1S/C11H12BrN3/c1-7-13-11(12)10-5-4-9(6-15(7)10)14-8-2-3-8/h4-6,8,14H,2-3H2,1H3. The Morgan fingerprint density at radius 3 is 3.00 bits per heavy atom. The molecule has 1 saturated carbocycles. The molecule has 0 aliphatic heterocycles. The Morgan fingerprint density at radius 1 is 1.47 bits per heavy atom. The molecule has 3 nitrogen and oxygen atoms in total. The van der Waals surface area contributed by atoms with Crippen LogP contribution in [0.4, 0.5) is 5.69 Å². The number of pyridine rings is 1. The maximum atomic E-state index is 4.38. The Bertz CT molecular complexity index is 514. The van der Waals surface area contributed by atoms with E-state index in [1.807, 2.05) is 6.92 Å². The minimum absolute atomic E-state index is 0.690. The first-order chi connectivity index (χ1) is 7.24. The summed E-state index contributed by atoms with van der Waals surface area (Å²) in [6.07, 6.45) is 4.70. The number of halogens is 1. The molecule has 0 saturated heterocycles. The lowest BCUT2D eigenvalue weighted by atomic mass is 10.3. The molecule has 2 aromatic heterocycles. The van der Waals surface area contributed by atoms with Gasteiger partial charge in [0.2, 0.25) is 0 Å². The molecule has 2 aromatic rings. The van der Waals surface area contributed by atoms with Crippen LogP contribution in [0.25, 0.3) is 5.52 Å². The maximum Gasteiger partial charge on any atom is 0.132 e. The third-order valence-electron chi connectivity index (χ3n) is 2.72. The number of hydrogen-bond donors (Lipinski definition) is 1. The van der Waals surface area contributed by atoms with Crippen molar-refractivity contribution >= 4 is 27.1 Å². The van der Waals surface area contributed by atoms with E-state index in [2.05, 4.69) is 49.0 Å². The Balaban J connectivity index is 2.07. The van der Waals surface area contributed by atoms with Gasteiger partial charge in [0.15, 0.2) is 0 Å². The molecule has 1 N–H and O–H groups in total. The Morgan fingerprint density at radius 2 is 2.27 bits per heavy atom. The fourth-order valence-electron chi connectivity index (χ4n) is 1.74. The van der Waals surface area contributed by atoms with Gasteiger partial charge in [0.25, 0.3) is 0 Å². The molecule has 0 unspecified atom stereocenters. The van der Waals surface area contributed by atoms with Gasteiger partial charge in [-0.25, -0.2) is 4.98 Å². The monoisotopic (exact) mass is 265 g/mol. The van der Waals surface area contributed by atoms with Gasteiger partial charge >= 0.3 is 0 Å². The Hall–Kier alpha value is -1.03. The van der Waals surface area contributed by atoms with E-state index in [4.69, 9.17) is 0 Å². The molecule has 0 radical (unpaired) electrons. The van der Waals surface area contributed by atoms with Crippen LogP contribution in [0, 0.1) is 6.92 Å². The van der Waals surface area contributed by atoms with Gasteiger partial charge in [-0.2, -0.15) is 0 Å². The van der Waals surface area contributed by atoms with Crippen molar-refractivity contribution in [2.24, 2.45) is 0 Å². The summed E-state index contributed by atoms with van der Waals surface area (Å²) in [7, 11) is 0. The predicted octanol–water partition coefficient (Wildman–Crippen LogP) is 2.98. The van der Waals surface area contributed by atoms with E-state index in [0.29, 0.717) is 6.04 Å². The van der Waals surface area contributed by atoms with E-state index in [9.17, 15) is 0 Å². The molecule has 3 rings (SSSR count). The molecule has 4 heteroatoms. The summed E-state index contributed by atoms with van der Waals surface area (Å²) >= 11 is 3.45. The van der Waals surface area contributed by atoms with Crippen LogP contribution in [0.5, 0.6) is 0 Å². The molecule has 2 heterocycles. The zero-order chi connectivity index (χ0) is 10.4. The average molecular weight is 266 g/mol. The molecule has 78 valence electrons. The van der Waals surface area contributed by atoms with Crippen molar-refractivity contribution in [3.63, 3.8) is 0 Å². The lowest BCUT2D eigenvalue weighted by molar-refractivity contribution is 1.03. The second kappa shape index (κ2) is 3.23. The van der Waals surface area contributed by atoms with Crippen molar-refractivity contribution in [2.75, 3.05) is 5.32 Å². The highest BCUT2D eigenvalue weighted by atomic mass is 79.9. The molecule has 0 amide bonds. The topological polar surface area (TPSA) is 29.3 Å². The van der Waals surface area contributed by atoms with Crippen LogP contribution in [0.1, 0.15) is 18.7 Å². The van der Waals surface area contributed by atoms with Crippen LogP contribution >= 0.6 is 15.9 Å². The highest BCUT2D eigenvalue weighted by Crippen LogP contribution is 2.26. The van der Waals surface area contributed by atoms with Crippen molar-refractivity contribution in [1.29, 1.82) is 0 Å². The fourth-order valence-corrected chi connectivity index (χ4v) is 2.32. The molecular formula is C11H12BrN3. The number of anilines is 1. The quantitative estimate of drug-likeness (QED) is 0.905. The van der Waals surface area contributed by atoms with Gasteiger partial charge < -0.3 is 9.72 Å². The third kappa shape index (κ3) is 1.63. The average Bonchev–Trinajstić information content (AvgIpc) is 2.96. The smallest absolute Gasteiger partial charge is 0.132 e. The molecular weight excluding hydrogens is 254 g/mol. The Labute approximate surface area is 96.6 Å². The van der Waals surface area contributed by atoms with Crippen LogP contribution in [0.3, 0.4) is 0 Å². The minimum Gasteiger partial charge on any atom is -0.381 e. The van der Waals surface area contributed by atoms with Gasteiger partial charge in [0.05, 0.1) is 11.2 Å². The van der Waals surface area contributed by atoms with Gasteiger partial charge in [-0.3, -0.25) is 0 Å². The summed E-state index contributed by atoms with van der Waals surface area (Å²) in [5.41, 5.74) is 2.30. The van der Waals surface area contributed by atoms with E-state index >= 15 is 0 Å². The summed E-state index contributed by atoms with van der Waals surface area (Å²) in [6.45, 7) is 2.01. The van der Waals surface area contributed by atoms with Crippen molar-refractivity contribution in [2.45, 2.75) is 25.8 Å². The first-order valence-corrected chi connectivity index (χ1v) is 5.94. The molecule has 0 bridgehead atoms. The summed E-state index contributed by atoms with van der Waals surface area (Å²) in [5.74, 6) is 1.01. The molecule has 1 fully saturated rings. The van der Waals surface area contributed by atoms with Crippen LogP contribution in [0.2, 0.25) is 0 Å². The van der Waals surface area contributed by atoms with Crippen LogP contribution in [0.15, 0.2) is 22.9 Å². The summed E-state index contributed by atoms with van der Waals surface area (Å²) < 4.78 is 3.02. The molecule has 1 aliphatic rings. The van der Waals surface area contributed by atoms with Gasteiger partial charge in [-0.05, 0) is 47.8 Å². The molecule has 0 atom stereocenters. The highest BCUT2D eigenvalue weighted by molar-refractivity contribution is 9.10. The first-order valence-electron chi connectivity index (χ1n) is 5.15. The molecule has 0 aromatic carbocycles. The van der Waals surface area contributed by atoms with Gasteiger partial charge in [-0.1, -0.05) is 0 Å². The number of fused-ring (bicyclic) bond motifs is 1. The second-order valence-corrected chi connectivity index (χ2v) is 4.79. The van der Waals surface area contributed by atoms with Gasteiger partial charge in [0, 0.05) is 12.2 Å². The number of aromatic nitrogens is 2. The van der Waals surface area contributed by atoms with E-state index < -0.39 is 0 Å². The van der Waals surface area contributed by atoms with E-state index in [0.717, 1.165) is 15.9 Å². The van der Waals surface area contributed by atoms with Crippen LogP contribution < -0.4 is 5.32 Å². The molecule has 1 aliphatic carbocycles. The summed E-state index contributed by atoms with van der Waals surface area (Å²) in [6, 6.07) is 4.89. The number of nitrogens with zero attached hydrogens (tertiary/aromatic N) is 2. The van der Waals surface area contributed by atoms with E-state index in [-0.39, 0.29) is 0 Å². The lowest BCUT2D eigenvalue weighted by Gasteiger charge is -2.05. The van der Waals surface area contributed by atoms with Crippen molar-refractivity contribution in [1.82, 2.24) is 9.38 Å². The fraction of sp³-hybridized carbons (Fsp3) is 0.364. The number of imidazole rings is 1. The van der Waals surface area contributed by atoms with Crippen molar-refractivity contribution < 1.29 is 0 Å². The third-order valence-corrected chi connectivity index (χ3v) is 3.30. The molecule has 0 spiro atoms. The van der Waals surface area contributed by atoms with Crippen molar-refractivity contribution in [3.05, 3.63) is 28.8 Å². The first kappa shape index (κ1) is 9.21. The zero-order valence-electron chi connectivity index (χ0n) is 8.50. The minimum atomic E-state index is 0.690. The number of rotatable bonds is 2. The number of hydrogen-bond acceptors (Lipinski definition) is 2. The summed E-state index contributed by atoms with van der Waals surface area (Å²) in [4.78, 5) is 4.38. The SMILES string of the molecule is Cc1nc(Br)c2ccc(NC3CC3)cn12. The normalized spacial score (nSPS) is 15.9. The van der Waals surface area contributed by atoms with Crippen LogP contribution in [-0.2, 0) is 0 Å². The van der Waals surface area contributed by atoms with Crippen molar-refractivity contribution in [3.8, 4) is 0 Å². The number of aryl methyl sites for hydroxylation is 1. The van der Waals surface area contributed by atoms with Crippen LogP contribution in [-0.4, -0.2) is 15.4 Å². The van der Waals surface area contributed by atoms with Gasteiger partial charge in [0.1, 0.15) is 10.4 Å². The number of nitrogens with one attached hydrogen (secondary N) is 1. The second-order valence-electron chi connectivity index (χ2n) is 4.04. The highest BCUT2D eigenvalue weighted by Gasteiger charge is 2.20. The summed E-state index contributed by atoms with van der Waals surface area (Å²) in [5, 5.41) is 3.48. The van der Waals surface area contributed by atoms with E-state index in [1.165, 1.54) is 18.5 Å².